The number of carbonyl (C=O) groups excluding carboxylic acids is 2. The van der Waals surface area contributed by atoms with Crippen molar-refractivity contribution in [2.45, 2.75) is 38.4 Å². The SMILES string of the molecule is C[C@H]1C(=O)N2CCC[C@@H]2C(=O)N1Cc1cc2c(cc1Cl)OCO2. The average molecular weight is 337 g/mol. The van der Waals surface area contributed by atoms with Gasteiger partial charge in [0.1, 0.15) is 12.1 Å². The van der Waals surface area contributed by atoms with Crippen molar-refractivity contribution in [2.75, 3.05) is 13.3 Å². The van der Waals surface area contributed by atoms with Crippen LogP contribution in [0.25, 0.3) is 0 Å². The zero-order valence-electron chi connectivity index (χ0n) is 12.8. The second-order valence-corrected chi connectivity index (χ2v) is 6.54. The number of ether oxygens (including phenoxy) is 2. The minimum Gasteiger partial charge on any atom is -0.454 e. The molecule has 0 aliphatic carbocycles. The predicted octanol–water partition coefficient (Wildman–Crippen LogP) is 1.79. The van der Waals surface area contributed by atoms with E-state index in [1.807, 2.05) is 0 Å². The number of halogens is 1. The molecule has 2 amide bonds. The molecule has 0 radical (unpaired) electrons. The van der Waals surface area contributed by atoms with E-state index < -0.39 is 6.04 Å². The molecule has 23 heavy (non-hydrogen) atoms. The van der Waals surface area contributed by atoms with Crippen molar-refractivity contribution in [3.8, 4) is 11.5 Å². The zero-order chi connectivity index (χ0) is 16.1. The predicted molar refractivity (Wildman–Crippen MR) is 82.3 cm³/mol. The van der Waals surface area contributed by atoms with Crippen LogP contribution in [0.15, 0.2) is 12.1 Å². The van der Waals surface area contributed by atoms with Gasteiger partial charge in [-0.1, -0.05) is 11.6 Å². The summed E-state index contributed by atoms with van der Waals surface area (Å²) in [5.74, 6) is 1.25. The van der Waals surface area contributed by atoms with Crippen LogP contribution in [0.4, 0.5) is 0 Å². The third-order valence-electron chi connectivity index (χ3n) is 4.81. The molecule has 0 saturated carbocycles. The average Bonchev–Trinajstić information content (AvgIpc) is 3.18. The van der Waals surface area contributed by atoms with Gasteiger partial charge in [0.05, 0.1) is 0 Å². The highest BCUT2D eigenvalue weighted by Gasteiger charge is 2.46. The smallest absolute Gasteiger partial charge is 0.246 e. The molecule has 0 bridgehead atoms. The van der Waals surface area contributed by atoms with E-state index in [4.69, 9.17) is 21.1 Å². The lowest BCUT2D eigenvalue weighted by molar-refractivity contribution is -0.159. The number of carbonyl (C=O) groups is 2. The monoisotopic (exact) mass is 336 g/mol. The summed E-state index contributed by atoms with van der Waals surface area (Å²) in [5.41, 5.74) is 0.760. The van der Waals surface area contributed by atoms with E-state index in [2.05, 4.69) is 0 Å². The highest BCUT2D eigenvalue weighted by atomic mass is 35.5. The number of hydrogen-bond donors (Lipinski definition) is 0. The topological polar surface area (TPSA) is 59.1 Å². The fourth-order valence-corrected chi connectivity index (χ4v) is 3.74. The Morgan fingerprint density at radius 1 is 1.22 bits per heavy atom. The van der Waals surface area contributed by atoms with Crippen LogP contribution in [0.3, 0.4) is 0 Å². The number of fused-ring (bicyclic) bond motifs is 2. The van der Waals surface area contributed by atoms with Crippen molar-refractivity contribution >= 4 is 23.4 Å². The van der Waals surface area contributed by atoms with Gasteiger partial charge in [0.25, 0.3) is 0 Å². The number of rotatable bonds is 2. The van der Waals surface area contributed by atoms with Gasteiger partial charge < -0.3 is 19.3 Å². The van der Waals surface area contributed by atoms with E-state index in [1.54, 1.807) is 28.9 Å². The van der Waals surface area contributed by atoms with Gasteiger partial charge in [-0.15, -0.1) is 0 Å². The van der Waals surface area contributed by atoms with E-state index >= 15 is 0 Å². The second kappa shape index (κ2) is 5.30. The maximum Gasteiger partial charge on any atom is 0.246 e. The molecule has 6 nitrogen and oxygen atoms in total. The summed E-state index contributed by atoms with van der Waals surface area (Å²) in [5, 5.41) is 0.510. The Kier molecular flexibility index (Phi) is 3.37. The molecule has 4 rings (SSSR count). The number of benzene rings is 1. The Labute approximate surface area is 138 Å². The third kappa shape index (κ3) is 2.24. The Morgan fingerprint density at radius 3 is 2.74 bits per heavy atom. The molecule has 0 N–H and O–H groups in total. The first kappa shape index (κ1) is 14.6. The van der Waals surface area contributed by atoms with Gasteiger partial charge in [-0.3, -0.25) is 9.59 Å². The Morgan fingerprint density at radius 2 is 1.96 bits per heavy atom. The minimum absolute atomic E-state index is 0.00309. The molecule has 2 atom stereocenters. The largest absolute Gasteiger partial charge is 0.454 e. The molecule has 7 heteroatoms. The number of amides is 2. The van der Waals surface area contributed by atoms with E-state index in [0.29, 0.717) is 29.6 Å². The van der Waals surface area contributed by atoms with Crippen molar-refractivity contribution in [1.29, 1.82) is 0 Å². The van der Waals surface area contributed by atoms with Gasteiger partial charge in [0, 0.05) is 24.2 Å². The Bertz CT molecular complexity index is 693. The van der Waals surface area contributed by atoms with Crippen molar-refractivity contribution in [1.82, 2.24) is 9.80 Å². The third-order valence-corrected chi connectivity index (χ3v) is 5.16. The molecule has 0 aromatic heterocycles. The molecular weight excluding hydrogens is 320 g/mol. The zero-order valence-corrected chi connectivity index (χ0v) is 13.5. The summed E-state index contributed by atoms with van der Waals surface area (Å²) in [7, 11) is 0. The van der Waals surface area contributed by atoms with Crippen LogP contribution in [-0.4, -0.2) is 47.0 Å². The van der Waals surface area contributed by atoms with Crippen molar-refractivity contribution in [3.63, 3.8) is 0 Å². The van der Waals surface area contributed by atoms with Crippen LogP contribution in [0.1, 0.15) is 25.3 Å². The molecular formula is C16H17ClN2O4. The lowest BCUT2D eigenvalue weighted by Gasteiger charge is -2.41. The Balaban J connectivity index is 1.63. The summed E-state index contributed by atoms with van der Waals surface area (Å²) in [6.45, 7) is 2.92. The fraction of sp³-hybridized carbons (Fsp3) is 0.500. The van der Waals surface area contributed by atoms with Crippen LogP contribution in [0.2, 0.25) is 5.02 Å². The van der Waals surface area contributed by atoms with E-state index in [9.17, 15) is 9.59 Å². The van der Waals surface area contributed by atoms with Crippen LogP contribution < -0.4 is 9.47 Å². The second-order valence-electron chi connectivity index (χ2n) is 6.13. The summed E-state index contributed by atoms with van der Waals surface area (Å²) >= 11 is 6.30. The first-order valence-corrected chi connectivity index (χ1v) is 8.13. The maximum absolute atomic E-state index is 12.7. The van der Waals surface area contributed by atoms with Gasteiger partial charge >= 0.3 is 0 Å². The van der Waals surface area contributed by atoms with Gasteiger partial charge in [-0.05, 0) is 31.4 Å². The molecule has 122 valence electrons. The summed E-state index contributed by atoms with van der Waals surface area (Å²) < 4.78 is 10.7. The lowest BCUT2D eigenvalue weighted by Crippen LogP contribution is -2.61. The molecule has 0 spiro atoms. The van der Waals surface area contributed by atoms with Gasteiger partial charge in [0.15, 0.2) is 11.5 Å². The first-order valence-electron chi connectivity index (χ1n) is 7.75. The van der Waals surface area contributed by atoms with Crippen LogP contribution in [0.5, 0.6) is 11.5 Å². The highest BCUT2D eigenvalue weighted by Crippen LogP contribution is 2.38. The molecule has 2 fully saturated rings. The summed E-state index contributed by atoms with van der Waals surface area (Å²) in [4.78, 5) is 28.6. The molecule has 3 aliphatic rings. The number of nitrogens with zero attached hydrogens (tertiary/aromatic N) is 2. The van der Waals surface area contributed by atoms with Gasteiger partial charge in [-0.2, -0.15) is 0 Å². The normalized spacial score (nSPS) is 26.0. The molecule has 2 saturated heterocycles. The van der Waals surface area contributed by atoms with Gasteiger partial charge in [-0.25, -0.2) is 0 Å². The first-order chi connectivity index (χ1) is 11.1. The quantitative estimate of drug-likeness (QED) is 0.826. The maximum atomic E-state index is 12.7. The van der Waals surface area contributed by atoms with E-state index in [0.717, 1.165) is 18.4 Å². The number of piperazine rings is 1. The number of hydrogen-bond acceptors (Lipinski definition) is 4. The summed E-state index contributed by atoms with van der Waals surface area (Å²) in [6, 6.07) is 2.70. The van der Waals surface area contributed by atoms with Crippen LogP contribution >= 0.6 is 11.6 Å². The van der Waals surface area contributed by atoms with E-state index in [-0.39, 0.29) is 24.6 Å². The van der Waals surface area contributed by atoms with Gasteiger partial charge in [0.2, 0.25) is 18.6 Å². The van der Waals surface area contributed by atoms with Crippen molar-refractivity contribution in [2.24, 2.45) is 0 Å². The van der Waals surface area contributed by atoms with Crippen LogP contribution in [0, 0.1) is 0 Å². The Hall–Kier alpha value is -1.95. The van der Waals surface area contributed by atoms with Crippen molar-refractivity contribution in [3.05, 3.63) is 22.7 Å². The molecule has 0 unspecified atom stereocenters. The molecule has 3 aliphatic heterocycles. The molecule has 3 heterocycles. The lowest BCUT2D eigenvalue weighted by atomic mass is 10.0. The minimum atomic E-state index is -0.474. The molecule has 1 aromatic carbocycles. The highest BCUT2D eigenvalue weighted by molar-refractivity contribution is 6.31. The van der Waals surface area contributed by atoms with E-state index in [1.165, 1.54) is 0 Å². The fourth-order valence-electron chi connectivity index (χ4n) is 3.52. The standard InChI is InChI=1S/C16H17ClN2O4/c1-9-15(20)18-4-2-3-12(18)16(21)19(9)7-10-5-13-14(6-11(10)17)23-8-22-13/h5-6,9,12H,2-4,7-8H2,1H3/t9-,12+/m0/s1. The van der Waals surface area contributed by atoms with Crippen molar-refractivity contribution < 1.29 is 19.1 Å². The van der Waals surface area contributed by atoms with Crippen LogP contribution in [-0.2, 0) is 16.1 Å². The summed E-state index contributed by atoms with van der Waals surface area (Å²) in [6.07, 6.45) is 1.62. The molecule has 1 aromatic rings.